The van der Waals surface area contributed by atoms with Crippen LogP contribution in [0.25, 0.3) is 0 Å². The number of allylic oxidation sites excluding steroid dienone is 2. The Morgan fingerprint density at radius 2 is 2.13 bits per heavy atom. The first-order valence-electron chi connectivity index (χ1n) is 5.98. The zero-order chi connectivity index (χ0) is 11.1. The summed E-state index contributed by atoms with van der Waals surface area (Å²) in [6.45, 7) is 2.05. The van der Waals surface area contributed by atoms with Crippen LogP contribution in [0.2, 0.25) is 0 Å². The van der Waals surface area contributed by atoms with Gasteiger partial charge in [-0.15, -0.1) is 0 Å². The molecule has 1 aliphatic rings. The third-order valence-electron chi connectivity index (χ3n) is 2.82. The highest BCUT2D eigenvalue weighted by molar-refractivity contribution is 6.07. The van der Waals surface area contributed by atoms with Crippen molar-refractivity contribution in [1.82, 2.24) is 0 Å². The van der Waals surface area contributed by atoms with Crippen LogP contribution in [-0.4, -0.2) is 11.6 Å². The van der Waals surface area contributed by atoms with Gasteiger partial charge in [0.15, 0.2) is 5.78 Å². The molecule has 2 nitrogen and oxygen atoms in total. The molecule has 84 valence electrons. The monoisotopic (exact) mass is 208 g/mol. The van der Waals surface area contributed by atoms with E-state index in [0.29, 0.717) is 6.42 Å². The van der Waals surface area contributed by atoms with Crippen LogP contribution in [0.1, 0.15) is 58.3 Å². The molecule has 0 spiro atoms. The van der Waals surface area contributed by atoms with Gasteiger partial charge >= 0.3 is 0 Å². The van der Waals surface area contributed by atoms with Crippen LogP contribution in [0, 0.1) is 0 Å². The highest BCUT2D eigenvalue weighted by Crippen LogP contribution is 2.19. The zero-order valence-electron chi connectivity index (χ0n) is 9.55. The van der Waals surface area contributed by atoms with Crippen LogP contribution >= 0.6 is 0 Å². The van der Waals surface area contributed by atoms with E-state index in [1.807, 2.05) is 6.08 Å². The molecule has 0 aromatic rings. The van der Waals surface area contributed by atoms with E-state index in [2.05, 4.69) is 6.92 Å². The van der Waals surface area contributed by atoms with E-state index in [4.69, 9.17) is 0 Å². The molecule has 0 saturated heterocycles. The maximum atomic E-state index is 11.7. The standard InChI is InChI=1S/C13H20O2/c1-2-3-9-12(14)10-13(15)11-7-5-4-6-8-11/h7H,2-6,8-10H2,1H3. The number of Topliss-reactive ketones (excluding diaryl/α,β-unsaturated/α-hetero) is 2. The lowest BCUT2D eigenvalue weighted by molar-refractivity contribution is -0.125. The lowest BCUT2D eigenvalue weighted by atomic mass is 9.93. The van der Waals surface area contributed by atoms with Gasteiger partial charge in [0.1, 0.15) is 5.78 Å². The van der Waals surface area contributed by atoms with Crippen molar-refractivity contribution in [1.29, 1.82) is 0 Å². The van der Waals surface area contributed by atoms with Crippen LogP contribution in [0.15, 0.2) is 11.6 Å². The van der Waals surface area contributed by atoms with Crippen LogP contribution < -0.4 is 0 Å². The van der Waals surface area contributed by atoms with Gasteiger partial charge in [-0.05, 0) is 37.7 Å². The lowest BCUT2D eigenvalue weighted by Crippen LogP contribution is -2.11. The van der Waals surface area contributed by atoms with Crippen molar-refractivity contribution >= 4 is 11.6 Å². The highest BCUT2D eigenvalue weighted by Gasteiger charge is 2.15. The second-order valence-electron chi connectivity index (χ2n) is 4.22. The average molecular weight is 208 g/mol. The minimum absolute atomic E-state index is 0.0656. The van der Waals surface area contributed by atoms with E-state index >= 15 is 0 Å². The first-order chi connectivity index (χ1) is 7.24. The van der Waals surface area contributed by atoms with Crippen LogP contribution in [0.3, 0.4) is 0 Å². The predicted octanol–water partition coefficient (Wildman–Crippen LogP) is 3.21. The summed E-state index contributed by atoms with van der Waals surface area (Å²) in [7, 11) is 0. The molecule has 0 amide bonds. The average Bonchev–Trinajstić information content (AvgIpc) is 2.27. The van der Waals surface area contributed by atoms with E-state index in [9.17, 15) is 9.59 Å². The van der Waals surface area contributed by atoms with Crippen molar-refractivity contribution in [2.24, 2.45) is 0 Å². The molecule has 0 saturated carbocycles. The summed E-state index contributed by atoms with van der Waals surface area (Å²) in [5, 5.41) is 0. The molecule has 0 radical (unpaired) electrons. The van der Waals surface area contributed by atoms with Gasteiger partial charge in [-0.2, -0.15) is 0 Å². The fourth-order valence-corrected chi connectivity index (χ4v) is 1.85. The molecule has 0 heterocycles. The van der Waals surface area contributed by atoms with Crippen molar-refractivity contribution in [3.8, 4) is 0 Å². The van der Waals surface area contributed by atoms with Gasteiger partial charge in [-0.25, -0.2) is 0 Å². The van der Waals surface area contributed by atoms with Crippen molar-refractivity contribution < 1.29 is 9.59 Å². The number of carbonyl (C=O) groups excluding carboxylic acids is 2. The minimum Gasteiger partial charge on any atom is -0.299 e. The van der Waals surface area contributed by atoms with Crippen molar-refractivity contribution in [2.45, 2.75) is 58.3 Å². The van der Waals surface area contributed by atoms with E-state index in [1.54, 1.807) is 0 Å². The van der Waals surface area contributed by atoms with Gasteiger partial charge in [-0.3, -0.25) is 9.59 Å². The van der Waals surface area contributed by atoms with E-state index in [0.717, 1.165) is 37.7 Å². The fourth-order valence-electron chi connectivity index (χ4n) is 1.85. The normalized spacial score (nSPS) is 15.9. The van der Waals surface area contributed by atoms with Gasteiger partial charge in [0, 0.05) is 6.42 Å². The van der Waals surface area contributed by atoms with Crippen LogP contribution in [-0.2, 0) is 9.59 Å². The van der Waals surface area contributed by atoms with Crippen molar-refractivity contribution in [2.75, 3.05) is 0 Å². The molecule has 0 atom stereocenters. The summed E-state index contributed by atoms with van der Waals surface area (Å²) >= 11 is 0. The van der Waals surface area contributed by atoms with Gasteiger partial charge in [0.05, 0.1) is 6.42 Å². The Morgan fingerprint density at radius 1 is 1.33 bits per heavy atom. The SMILES string of the molecule is CCCCC(=O)CC(=O)C1=CCCCC1. The smallest absolute Gasteiger partial charge is 0.165 e. The summed E-state index contributed by atoms with van der Waals surface area (Å²) < 4.78 is 0. The molecule has 0 aliphatic heterocycles. The first kappa shape index (κ1) is 12.2. The predicted molar refractivity (Wildman–Crippen MR) is 60.7 cm³/mol. The quantitative estimate of drug-likeness (QED) is 0.628. The number of carbonyl (C=O) groups is 2. The van der Waals surface area contributed by atoms with E-state index < -0.39 is 0 Å². The maximum absolute atomic E-state index is 11.7. The second-order valence-corrected chi connectivity index (χ2v) is 4.22. The fraction of sp³-hybridized carbons (Fsp3) is 0.692. The molecule has 1 rings (SSSR count). The summed E-state index contributed by atoms with van der Waals surface area (Å²) in [6, 6.07) is 0. The molecule has 0 aromatic carbocycles. The third kappa shape index (κ3) is 4.41. The topological polar surface area (TPSA) is 34.1 Å². The van der Waals surface area contributed by atoms with Gasteiger partial charge in [-0.1, -0.05) is 19.4 Å². The minimum atomic E-state index is 0.0656. The van der Waals surface area contributed by atoms with Crippen molar-refractivity contribution in [3.63, 3.8) is 0 Å². The van der Waals surface area contributed by atoms with E-state index in [-0.39, 0.29) is 18.0 Å². The summed E-state index contributed by atoms with van der Waals surface area (Å²) in [5.74, 6) is 0.170. The molecule has 0 bridgehead atoms. The molecule has 0 N–H and O–H groups in total. The number of hydrogen-bond acceptors (Lipinski definition) is 2. The largest absolute Gasteiger partial charge is 0.299 e. The van der Waals surface area contributed by atoms with Gasteiger partial charge < -0.3 is 0 Å². The Hall–Kier alpha value is -0.920. The third-order valence-corrected chi connectivity index (χ3v) is 2.82. The molecule has 0 fully saturated rings. The number of ketones is 2. The lowest BCUT2D eigenvalue weighted by Gasteiger charge is -2.10. The molecule has 2 heteroatoms. The number of hydrogen-bond donors (Lipinski definition) is 0. The highest BCUT2D eigenvalue weighted by atomic mass is 16.1. The Labute approximate surface area is 91.7 Å². The summed E-state index contributed by atoms with van der Waals surface area (Å²) in [6.07, 6.45) is 8.79. The molecular formula is C13H20O2. The molecular weight excluding hydrogens is 188 g/mol. The Balaban J connectivity index is 2.34. The number of unbranched alkanes of at least 4 members (excludes halogenated alkanes) is 1. The number of rotatable bonds is 6. The van der Waals surface area contributed by atoms with Gasteiger partial charge in [0.2, 0.25) is 0 Å². The van der Waals surface area contributed by atoms with Crippen molar-refractivity contribution in [3.05, 3.63) is 11.6 Å². The zero-order valence-corrected chi connectivity index (χ0v) is 9.55. The van der Waals surface area contributed by atoms with Crippen LogP contribution in [0.4, 0.5) is 0 Å². The van der Waals surface area contributed by atoms with E-state index in [1.165, 1.54) is 6.42 Å². The Kier molecular flexibility index (Phi) is 5.30. The maximum Gasteiger partial charge on any atom is 0.165 e. The molecule has 0 aromatic heterocycles. The second kappa shape index (κ2) is 6.54. The Morgan fingerprint density at radius 3 is 2.73 bits per heavy atom. The molecule has 0 unspecified atom stereocenters. The van der Waals surface area contributed by atoms with Crippen LogP contribution in [0.5, 0.6) is 0 Å². The van der Waals surface area contributed by atoms with Gasteiger partial charge in [0.25, 0.3) is 0 Å². The molecule has 15 heavy (non-hydrogen) atoms. The summed E-state index contributed by atoms with van der Waals surface area (Å²) in [5.41, 5.74) is 0.895. The Bertz CT molecular complexity index is 264. The summed E-state index contributed by atoms with van der Waals surface area (Å²) in [4.78, 5) is 23.1. The first-order valence-corrected chi connectivity index (χ1v) is 5.98. The molecule has 1 aliphatic carbocycles.